The summed E-state index contributed by atoms with van der Waals surface area (Å²) in [5, 5.41) is 2.37. The van der Waals surface area contributed by atoms with Gasteiger partial charge in [-0.2, -0.15) is 13.2 Å². The molecule has 1 heterocycles. The topological polar surface area (TPSA) is 38.3 Å². The molecule has 1 aliphatic heterocycles. The Bertz CT molecular complexity index is 540. The zero-order valence-corrected chi connectivity index (χ0v) is 10.8. The predicted molar refractivity (Wildman–Crippen MR) is 62.4 cm³/mol. The predicted octanol–water partition coefficient (Wildman–Crippen LogP) is 3.65. The Morgan fingerprint density at radius 2 is 2.00 bits per heavy atom. The molecule has 1 aromatic carbocycles. The summed E-state index contributed by atoms with van der Waals surface area (Å²) < 4.78 is 57.0. The third-order valence-electron chi connectivity index (χ3n) is 3.25. The van der Waals surface area contributed by atoms with Gasteiger partial charge in [-0.05, 0) is 17.7 Å². The van der Waals surface area contributed by atoms with E-state index in [1.54, 1.807) is 13.8 Å². The monoisotopic (exact) mass is 291 g/mol. The number of carbonyl (C=O) groups is 1. The number of carbonyl (C=O) groups excluding carboxylic acids is 1. The smallest absolute Gasteiger partial charge is 0.416 e. The SMILES string of the molecule is CC1(C)COC(=O)N[C@@H]1c1ccc(F)cc1C(F)(F)F. The Hall–Kier alpha value is -1.79. The van der Waals surface area contributed by atoms with Gasteiger partial charge in [0.2, 0.25) is 0 Å². The van der Waals surface area contributed by atoms with Gasteiger partial charge >= 0.3 is 12.3 Å². The van der Waals surface area contributed by atoms with E-state index < -0.39 is 35.1 Å². The van der Waals surface area contributed by atoms with Crippen LogP contribution in [0, 0.1) is 11.2 Å². The van der Waals surface area contributed by atoms with E-state index in [0.717, 1.165) is 12.1 Å². The fourth-order valence-electron chi connectivity index (χ4n) is 2.21. The van der Waals surface area contributed by atoms with E-state index in [1.165, 1.54) is 0 Å². The van der Waals surface area contributed by atoms with Crippen LogP contribution in [-0.4, -0.2) is 12.7 Å². The molecular formula is C13H13F4NO2. The van der Waals surface area contributed by atoms with Gasteiger partial charge in [0.25, 0.3) is 0 Å². The molecule has 1 aromatic rings. The number of hydrogen-bond acceptors (Lipinski definition) is 2. The molecule has 0 aliphatic carbocycles. The molecule has 7 heteroatoms. The molecule has 1 aliphatic rings. The maximum Gasteiger partial charge on any atom is 0.416 e. The summed E-state index contributed by atoms with van der Waals surface area (Å²) in [5.74, 6) is -0.975. The first kappa shape index (κ1) is 14.6. The zero-order valence-electron chi connectivity index (χ0n) is 10.8. The molecule has 1 atom stereocenters. The molecule has 20 heavy (non-hydrogen) atoms. The molecule has 0 aromatic heterocycles. The molecule has 3 nitrogen and oxygen atoms in total. The average molecular weight is 291 g/mol. The normalized spacial score (nSPS) is 22.1. The van der Waals surface area contributed by atoms with Gasteiger partial charge in [-0.15, -0.1) is 0 Å². The number of alkyl carbamates (subject to hydrolysis) is 1. The third kappa shape index (κ3) is 2.71. The lowest BCUT2D eigenvalue weighted by Gasteiger charge is -2.39. The number of rotatable bonds is 1. The van der Waals surface area contributed by atoms with E-state index >= 15 is 0 Å². The second-order valence-electron chi connectivity index (χ2n) is 5.37. The van der Waals surface area contributed by atoms with E-state index in [1.807, 2.05) is 0 Å². The molecule has 1 saturated heterocycles. The maximum atomic E-state index is 13.1. The van der Waals surface area contributed by atoms with Crippen LogP contribution in [0.3, 0.4) is 0 Å². The molecule has 1 N–H and O–H groups in total. The van der Waals surface area contributed by atoms with Crippen LogP contribution in [0.4, 0.5) is 22.4 Å². The van der Waals surface area contributed by atoms with Crippen molar-refractivity contribution < 1.29 is 27.1 Å². The van der Waals surface area contributed by atoms with Crippen LogP contribution in [0.2, 0.25) is 0 Å². The van der Waals surface area contributed by atoms with Gasteiger partial charge in [0, 0.05) is 5.41 Å². The van der Waals surface area contributed by atoms with E-state index in [-0.39, 0.29) is 12.2 Å². The number of halogens is 4. The zero-order chi connectivity index (χ0) is 15.1. The Morgan fingerprint density at radius 3 is 2.60 bits per heavy atom. The molecule has 0 unspecified atom stereocenters. The van der Waals surface area contributed by atoms with Crippen LogP contribution in [0.15, 0.2) is 18.2 Å². The minimum Gasteiger partial charge on any atom is -0.449 e. The van der Waals surface area contributed by atoms with Crippen LogP contribution in [0.25, 0.3) is 0 Å². The first-order chi connectivity index (χ1) is 9.11. The molecule has 110 valence electrons. The summed E-state index contributed by atoms with van der Waals surface area (Å²) in [4.78, 5) is 11.3. The number of benzene rings is 1. The van der Waals surface area contributed by atoms with Crippen molar-refractivity contribution in [1.29, 1.82) is 0 Å². The number of alkyl halides is 3. The standard InChI is InChI=1S/C13H13F4NO2/c1-12(2)6-20-11(19)18-10(12)8-4-3-7(14)5-9(8)13(15,16)17/h3-5,10H,6H2,1-2H3,(H,18,19)/t10-/m1/s1. The van der Waals surface area contributed by atoms with Crippen molar-refractivity contribution in [2.45, 2.75) is 26.1 Å². The molecule has 0 radical (unpaired) electrons. The number of nitrogens with one attached hydrogen (secondary N) is 1. The van der Waals surface area contributed by atoms with Crippen LogP contribution >= 0.6 is 0 Å². The minimum atomic E-state index is -4.70. The van der Waals surface area contributed by atoms with E-state index in [9.17, 15) is 22.4 Å². The van der Waals surface area contributed by atoms with Crippen LogP contribution in [0.1, 0.15) is 31.0 Å². The molecule has 0 bridgehead atoms. The second-order valence-corrected chi connectivity index (χ2v) is 5.37. The number of ether oxygens (including phenoxy) is 1. The van der Waals surface area contributed by atoms with Crippen molar-refractivity contribution in [3.63, 3.8) is 0 Å². The highest BCUT2D eigenvalue weighted by Crippen LogP contribution is 2.42. The minimum absolute atomic E-state index is 0.0157. The Kier molecular flexibility index (Phi) is 3.39. The first-order valence-corrected chi connectivity index (χ1v) is 5.91. The quantitative estimate of drug-likeness (QED) is 0.802. The maximum absolute atomic E-state index is 13.1. The number of cyclic esters (lactones) is 1. The van der Waals surface area contributed by atoms with Gasteiger partial charge < -0.3 is 10.1 Å². The highest BCUT2D eigenvalue weighted by atomic mass is 19.4. The molecule has 1 fully saturated rings. The summed E-state index contributed by atoms with van der Waals surface area (Å²) in [5.41, 5.74) is -2.00. The van der Waals surface area contributed by atoms with Crippen molar-refractivity contribution in [3.05, 3.63) is 35.1 Å². The number of amides is 1. The first-order valence-electron chi connectivity index (χ1n) is 5.91. The van der Waals surface area contributed by atoms with Crippen molar-refractivity contribution in [2.75, 3.05) is 6.61 Å². The molecular weight excluding hydrogens is 278 g/mol. The lowest BCUT2D eigenvalue weighted by molar-refractivity contribution is -0.139. The summed E-state index contributed by atoms with van der Waals surface area (Å²) in [6.45, 7) is 3.32. The van der Waals surface area contributed by atoms with E-state index in [0.29, 0.717) is 6.07 Å². The highest BCUT2D eigenvalue weighted by molar-refractivity contribution is 5.69. The molecule has 0 saturated carbocycles. The summed E-state index contributed by atoms with van der Waals surface area (Å²) >= 11 is 0. The number of hydrogen-bond donors (Lipinski definition) is 1. The van der Waals surface area contributed by atoms with E-state index in [2.05, 4.69) is 5.32 Å². The molecule has 1 amide bonds. The van der Waals surface area contributed by atoms with E-state index in [4.69, 9.17) is 4.74 Å². The van der Waals surface area contributed by atoms with Crippen molar-refractivity contribution in [3.8, 4) is 0 Å². The van der Waals surface area contributed by atoms with Gasteiger partial charge in [-0.25, -0.2) is 9.18 Å². The molecule has 2 rings (SSSR count). The van der Waals surface area contributed by atoms with Gasteiger partial charge in [0.1, 0.15) is 12.4 Å². The fourth-order valence-corrected chi connectivity index (χ4v) is 2.21. The van der Waals surface area contributed by atoms with Crippen molar-refractivity contribution in [2.24, 2.45) is 5.41 Å². The Morgan fingerprint density at radius 1 is 1.35 bits per heavy atom. The largest absolute Gasteiger partial charge is 0.449 e. The van der Waals surface area contributed by atoms with Gasteiger partial charge in [0.05, 0.1) is 11.6 Å². The summed E-state index contributed by atoms with van der Waals surface area (Å²) in [7, 11) is 0. The van der Waals surface area contributed by atoms with Gasteiger partial charge in [0.15, 0.2) is 0 Å². The Labute approximate surface area is 112 Å². The van der Waals surface area contributed by atoms with Crippen LogP contribution in [0.5, 0.6) is 0 Å². The lowest BCUT2D eigenvalue weighted by atomic mass is 9.79. The lowest BCUT2D eigenvalue weighted by Crippen LogP contribution is -2.47. The third-order valence-corrected chi connectivity index (χ3v) is 3.25. The fraction of sp³-hybridized carbons (Fsp3) is 0.462. The van der Waals surface area contributed by atoms with Crippen LogP contribution < -0.4 is 5.32 Å². The van der Waals surface area contributed by atoms with Gasteiger partial charge in [-0.3, -0.25) is 0 Å². The highest BCUT2D eigenvalue weighted by Gasteiger charge is 2.43. The summed E-state index contributed by atoms with van der Waals surface area (Å²) in [6.07, 6.45) is -5.48. The van der Waals surface area contributed by atoms with Crippen LogP contribution in [-0.2, 0) is 10.9 Å². The summed E-state index contributed by atoms with van der Waals surface area (Å²) in [6, 6.07) is 1.53. The Balaban J connectivity index is 2.53. The second kappa shape index (κ2) is 4.64. The average Bonchev–Trinajstić information content (AvgIpc) is 2.31. The van der Waals surface area contributed by atoms with Crippen molar-refractivity contribution >= 4 is 6.09 Å². The molecule has 0 spiro atoms. The van der Waals surface area contributed by atoms with Gasteiger partial charge in [-0.1, -0.05) is 19.9 Å². The van der Waals surface area contributed by atoms with Crippen molar-refractivity contribution in [1.82, 2.24) is 5.32 Å².